The van der Waals surface area contributed by atoms with E-state index in [0.29, 0.717) is 17.7 Å². The molecule has 6 nitrogen and oxygen atoms in total. The Morgan fingerprint density at radius 2 is 2.08 bits per heavy atom. The Morgan fingerprint density at radius 3 is 2.68 bits per heavy atom. The number of likely N-dealkylation sites (N-methyl/N-ethyl adjacent to an activating group) is 1. The predicted molar refractivity (Wildman–Crippen MR) is 97.3 cm³/mol. The molecule has 2 aromatic rings. The monoisotopic (exact) mass is 342 g/mol. The molecule has 6 heteroatoms. The lowest BCUT2D eigenvalue weighted by Gasteiger charge is -2.17. The zero-order chi connectivity index (χ0) is 18.4. The highest BCUT2D eigenvalue weighted by Gasteiger charge is 2.09. The molecule has 0 unspecified atom stereocenters. The van der Waals surface area contributed by atoms with E-state index in [-0.39, 0.29) is 17.3 Å². The number of benzene rings is 1. The lowest BCUT2D eigenvalue weighted by molar-refractivity contribution is 0.104. The first-order valence-electron chi connectivity index (χ1n) is 7.83. The summed E-state index contributed by atoms with van der Waals surface area (Å²) in [6.07, 6.45) is 4.76. The fourth-order valence-electron chi connectivity index (χ4n) is 2.24. The van der Waals surface area contributed by atoms with Gasteiger partial charge in [-0.25, -0.2) is 4.98 Å². The van der Waals surface area contributed by atoms with Gasteiger partial charge in [0.25, 0.3) is 0 Å². The molecule has 0 saturated heterocycles. The minimum atomic E-state index is -0.304. The van der Waals surface area contributed by atoms with Crippen LogP contribution in [0.5, 0.6) is 11.5 Å². The fraction of sp³-hybridized carbons (Fsp3) is 0.263. The van der Waals surface area contributed by atoms with Crippen LogP contribution >= 0.6 is 0 Å². The van der Waals surface area contributed by atoms with E-state index < -0.39 is 0 Å². The van der Waals surface area contributed by atoms with Crippen LogP contribution in [0.25, 0.3) is 6.08 Å². The number of allylic oxidation sites excluding steroid dienone is 1. The molecule has 0 aliphatic rings. The number of carbonyl (C=O) groups excluding carboxylic acids is 1. The van der Waals surface area contributed by atoms with Crippen molar-refractivity contribution < 1.29 is 19.7 Å². The van der Waals surface area contributed by atoms with Gasteiger partial charge in [0.15, 0.2) is 17.3 Å². The van der Waals surface area contributed by atoms with E-state index in [0.717, 1.165) is 17.9 Å². The molecular weight excluding hydrogens is 320 g/mol. The third kappa shape index (κ3) is 4.81. The highest BCUT2D eigenvalue weighted by atomic mass is 16.5. The molecular formula is C19H22N2O4. The molecule has 1 aromatic carbocycles. The van der Waals surface area contributed by atoms with Crippen LogP contribution in [-0.2, 0) is 4.74 Å². The van der Waals surface area contributed by atoms with Crippen molar-refractivity contribution in [1.82, 2.24) is 4.98 Å². The summed E-state index contributed by atoms with van der Waals surface area (Å²) in [6.45, 7) is 2.98. The number of phenolic OH excluding ortho intramolecular Hbond substituents is 2. The minimum absolute atomic E-state index is 0.210. The van der Waals surface area contributed by atoms with Crippen LogP contribution in [0.15, 0.2) is 36.5 Å². The average molecular weight is 342 g/mol. The van der Waals surface area contributed by atoms with E-state index in [1.54, 1.807) is 26.3 Å². The third-order valence-electron chi connectivity index (χ3n) is 3.78. The average Bonchev–Trinajstić information content (AvgIpc) is 2.62. The van der Waals surface area contributed by atoms with Crippen LogP contribution in [0.4, 0.5) is 5.82 Å². The first-order chi connectivity index (χ1) is 11.9. The molecule has 0 amide bonds. The maximum atomic E-state index is 12.2. The van der Waals surface area contributed by atoms with Gasteiger partial charge in [-0.15, -0.1) is 0 Å². The van der Waals surface area contributed by atoms with Crippen molar-refractivity contribution in [2.45, 2.75) is 6.92 Å². The molecule has 0 aliphatic carbocycles. The van der Waals surface area contributed by atoms with Gasteiger partial charge in [-0.3, -0.25) is 4.79 Å². The standard InChI is InChI=1S/C19H22N2O4/c1-13-10-15(11-17(23)19(13)24)16(22)6-4-14-5-7-18(20-12-14)21(2)8-9-25-3/h4-7,10-12,23-24H,8-9H2,1-3H3. The topological polar surface area (TPSA) is 82.9 Å². The van der Waals surface area contributed by atoms with Crippen molar-refractivity contribution >= 4 is 17.7 Å². The third-order valence-corrected chi connectivity index (χ3v) is 3.78. The number of rotatable bonds is 7. The minimum Gasteiger partial charge on any atom is -0.504 e. The highest BCUT2D eigenvalue weighted by molar-refractivity contribution is 6.07. The highest BCUT2D eigenvalue weighted by Crippen LogP contribution is 2.29. The number of ketones is 1. The largest absolute Gasteiger partial charge is 0.504 e. The first-order valence-corrected chi connectivity index (χ1v) is 7.83. The van der Waals surface area contributed by atoms with Crippen molar-refractivity contribution in [2.24, 2.45) is 0 Å². The Bertz CT molecular complexity index is 746. The van der Waals surface area contributed by atoms with Crippen LogP contribution in [-0.4, -0.2) is 48.3 Å². The summed E-state index contributed by atoms with van der Waals surface area (Å²) >= 11 is 0. The number of ether oxygens (including phenoxy) is 1. The van der Waals surface area contributed by atoms with Crippen molar-refractivity contribution in [3.05, 3.63) is 53.2 Å². The van der Waals surface area contributed by atoms with Gasteiger partial charge in [-0.2, -0.15) is 0 Å². The zero-order valence-corrected chi connectivity index (χ0v) is 14.6. The molecule has 0 spiro atoms. The Kier molecular flexibility index (Phi) is 6.14. The lowest BCUT2D eigenvalue weighted by atomic mass is 10.1. The molecule has 0 fully saturated rings. The van der Waals surface area contributed by atoms with Gasteiger partial charge in [0.2, 0.25) is 0 Å². The van der Waals surface area contributed by atoms with Gasteiger partial charge in [0.05, 0.1) is 6.61 Å². The van der Waals surface area contributed by atoms with Crippen LogP contribution in [0.1, 0.15) is 21.5 Å². The van der Waals surface area contributed by atoms with Crippen LogP contribution in [0, 0.1) is 6.92 Å². The number of carbonyl (C=O) groups is 1. The quantitative estimate of drug-likeness (QED) is 0.457. The summed E-state index contributed by atoms with van der Waals surface area (Å²) in [7, 11) is 3.58. The number of hydrogen-bond donors (Lipinski definition) is 2. The van der Waals surface area contributed by atoms with E-state index >= 15 is 0 Å². The molecule has 0 bridgehead atoms. The summed E-state index contributed by atoms with van der Waals surface area (Å²) in [5.74, 6) is 0.0408. The van der Waals surface area contributed by atoms with E-state index in [1.807, 2.05) is 24.1 Å². The second-order valence-electron chi connectivity index (χ2n) is 5.72. The Morgan fingerprint density at radius 1 is 1.32 bits per heavy atom. The van der Waals surface area contributed by atoms with Gasteiger partial charge < -0.3 is 19.8 Å². The Balaban J connectivity index is 2.07. The fourth-order valence-corrected chi connectivity index (χ4v) is 2.24. The second kappa shape index (κ2) is 8.30. The molecule has 0 saturated carbocycles. The van der Waals surface area contributed by atoms with Crippen molar-refractivity contribution in [3.63, 3.8) is 0 Å². The molecule has 2 N–H and O–H groups in total. The van der Waals surface area contributed by atoms with Gasteiger partial charge in [-0.05, 0) is 54.5 Å². The van der Waals surface area contributed by atoms with Gasteiger partial charge in [-0.1, -0.05) is 0 Å². The predicted octanol–water partition coefficient (Wildman–Crippen LogP) is 2.78. The van der Waals surface area contributed by atoms with Crippen molar-refractivity contribution in [2.75, 3.05) is 32.2 Å². The molecule has 0 atom stereocenters. The van der Waals surface area contributed by atoms with E-state index in [9.17, 15) is 15.0 Å². The number of anilines is 1. The first kappa shape index (κ1) is 18.5. The summed E-state index contributed by atoms with van der Waals surface area (Å²) in [6, 6.07) is 6.53. The van der Waals surface area contributed by atoms with Gasteiger partial charge in [0, 0.05) is 32.5 Å². The number of aromatic nitrogens is 1. The van der Waals surface area contributed by atoms with Gasteiger partial charge in [0.1, 0.15) is 5.82 Å². The maximum Gasteiger partial charge on any atom is 0.186 e. The summed E-state index contributed by atoms with van der Waals surface area (Å²) < 4.78 is 5.04. The molecule has 1 aromatic heterocycles. The number of nitrogens with zero attached hydrogens (tertiary/aromatic N) is 2. The molecule has 132 valence electrons. The number of methoxy groups -OCH3 is 1. The smallest absolute Gasteiger partial charge is 0.186 e. The van der Waals surface area contributed by atoms with Gasteiger partial charge >= 0.3 is 0 Å². The number of phenols is 2. The van der Waals surface area contributed by atoms with E-state index in [2.05, 4.69) is 4.98 Å². The summed E-state index contributed by atoms with van der Waals surface area (Å²) in [5.41, 5.74) is 1.55. The van der Waals surface area contributed by atoms with Crippen molar-refractivity contribution in [1.29, 1.82) is 0 Å². The number of aryl methyl sites for hydroxylation is 1. The summed E-state index contributed by atoms with van der Waals surface area (Å²) in [5, 5.41) is 19.2. The molecule has 0 aliphatic heterocycles. The van der Waals surface area contributed by atoms with Crippen LogP contribution < -0.4 is 4.90 Å². The number of hydrogen-bond acceptors (Lipinski definition) is 6. The number of aromatic hydroxyl groups is 2. The normalized spacial score (nSPS) is 11.0. The SMILES string of the molecule is COCCN(C)c1ccc(C=CC(=O)c2cc(C)c(O)c(O)c2)cn1. The maximum absolute atomic E-state index is 12.2. The molecule has 1 heterocycles. The van der Waals surface area contributed by atoms with E-state index in [4.69, 9.17) is 4.74 Å². The zero-order valence-electron chi connectivity index (χ0n) is 14.6. The second-order valence-corrected chi connectivity index (χ2v) is 5.72. The van der Waals surface area contributed by atoms with Crippen molar-refractivity contribution in [3.8, 4) is 11.5 Å². The molecule has 25 heavy (non-hydrogen) atoms. The molecule has 0 radical (unpaired) electrons. The van der Waals surface area contributed by atoms with E-state index in [1.165, 1.54) is 18.2 Å². The van der Waals surface area contributed by atoms with Crippen LogP contribution in [0.3, 0.4) is 0 Å². The Hall–Kier alpha value is -2.86. The number of pyridine rings is 1. The van der Waals surface area contributed by atoms with Crippen LogP contribution in [0.2, 0.25) is 0 Å². The Labute approximate surface area is 147 Å². The molecule has 2 rings (SSSR count). The lowest BCUT2D eigenvalue weighted by Crippen LogP contribution is -2.22. The summed E-state index contributed by atoms with van der Waals surface area (Å²) in [4.78, 5) is 18.5.